The molecule has 82 valence electrons. The second-order valence-electron chi connectivity index (χ2n) is 3.45. The molecule has 0 spiro atoms. The Balaban J connectivity index is 2.56. The zero-order valence-corrected chi connectivity index (χ0v) is 11.3. The van der Waals surface area contributed by atoms with Gasteiger partial charge in [0.15, 0.2) is 0 Å². The Kier molecular flexibility index (Phi) is 3.61. The number of benzene rings is 1. The van der Waals surface area contributed by atoms with Crippen molar-refractivity contribution in [1.29, 1.82) is 0 Å². The minimum atomic E-state index is 0.555. The fourth-order valence-electron chi connectivity index (χ4n) is 1.51. The molecule has 1 aromatic carbocycles. The first-order valence-electron chi connectivity index (χ1n) is 4.91. The van der Waals surface area contributed by atoms with Crippen LogP contribution in [0.15, 0.2) is 34.8 Å². The van der Waals surface area contributed by atoms with E-state index in [-0.39, 0.29) is 0 Å². The van der Waals surface area contributed by atoms with E-state index in [2.05, 4.69) is 38.5 Å². The molecule has 0 unspecified atom stereocenters. The zero-order valence-electron chi connectivity index (χ0n) is 8.81. The molecule has 0 N–H and O–H groups in total. The highest BCUT2D eigenvalue weighted by atomic mass is 79.9. The molecule has 1 aromatic heterocycles. The molecule has 2 aromatic rings. The molecule has 0 aliphatic rings. The van der Waals surface area contributed by atoms with Gasteiger partial charge in [0.2, 0.25) is 0 Å². The number of aromatic nitrogens is 2. The fraction of sp³-hybridized carbons (Fsp3) is 0.167. The number of hydrogen-bond acceptors (Lipinski definition) is 3. The van der Waals surface area contributed by atoms with Crippen LogP contribution in [0.2, 0.25) is 0 Å². The number of aryl methyl sites for hydroxylation is 1. The first-order chi connectivity index (χ1) is 7.70. The molecule has 0 aliphatic heterocycles. The zero-order chi connectivity index (χ0) is 11.5. The lowest BCUT2D eigenvalue weighted by atomic mass is 10.1. The van der Waals surface area contributed by atoms with Crippen LogP contribution in [0.5, 0.6) is 0 Å². The van der Waals surface area contributed by atoms with E-state index in [1.54, 1.807) is 0 Å². The molecule has 0 saturated heterocycles. The van der Waals surface area contributed by atoms with E-state index in [4.69, 9.17) is 0 Å². The topological polar surface area (TPSA) is 25.8 Å². The molecule has 0 fully saturated rings. The first kappa shape index (κ1) is 11.6. The fourth-order valence-corrected chi connectivity index (χ4v) is 2.14. The van der Waals surface area contributed by atoms with Crippen molar-refractivity contribution in [2.75, 3.05) is 0 Å². The van der Waals surface area contributed by atoms with Gasteiger partial charge < -0.3 is 0 Å². The van der Waals surface area contributed by atoms with Crippen LogP contribution >= 0.6 is 28.6 Å². The van der Waals surface area contributed by atoms with Gasteiger partial charge in [-0.3, -0.25) is 0 Å². The predicted octanol–water partition coefficient (Wildman–Crippen LogP) is 3.64. The standard InChI is InChI=1S/C12H11BrN2S/c1-8-6-11(15-12(7-16)14-8)9-4-2-3-5-10(9)13/h2-6,16H,7H2,1H3. The highest BCUT2D eigenvalue weighted by Gasteiger charge is 2.06. The van der Waals surface area contributed by atoms with Crippen molar-refractivity contribution in [3.8, 4) is 11.3 Å². The Morgan fingerprint density at radius 3 is 2.69 bits per heavy atom. The molecule has 4 heteroatoms. The Morgan fingerprint density at radius 1 is 1.25 bits per heavy atom. The molecule has 0 radical (unpaired) electrons. The molecule has 1 heterocycles. The second-order valence-corrected chi connectivity index (χ2v) is 4.62. The Labute approximate surface area is 109 Å². The summed E-state index contributed by atoms with van der Waals surface area (Å²) in [4.78, 5) is 8.77. The number of nitrogens with zero attached hydrogens (tertiary/aromatic N) is 2. The predicted molar refractivity (Wildman–Crippen MR) is 72.6 cm³/mol. The molecule has 0 bridgehead atoms. The van der Waals surface area contributed by atoms with Crippen LogP contribution in [0.25, 0.3) is 11.3 Å². The molecule has 2 rings (SSSR count). The van der Waals surface area contributed by atoms with Gasteiger partial charge in [-0.05, 0) is 19.1 Å². The largest absolute Gasteiger partial charge is 0.237 e. The summed E-state index contributed by atoms with van der Waals surface area (Å²) in [6, 6.07) is 10.0. The van der Waals surface area contributed by atoms with E-state index in [0.717, 1.165) is 27.2 Å². The van der Waals surface area contributed by atoms with E-state index in [1.807, 2.05) is 37.3 Å². The van der Waals surface area contributed by atoms with Gasteiger partial charge in [0.25, 0.3) is 0 Å². The first-order valence-corrected chi connectivity index (χ1v) is 6.33. The van der Waals surface area contributed by atoms with Gasteiger partial charge in [0, 0.05) is 15.7 Å². The summed E-state index contributed by atoms with van der Waals surface area (Å²) in [5.41, 5.74) is 2.98. The maximum Gasteiger partial charge on any atom is 0.138 e. The smallest absolute Gasteiger partial charge is 0.138 e. The molecular formula is C12H11BrN2S. The van der Waals surface area contributed by atoms with Crippen molar-refractivity contribution < 1.29 is 0 Å². The van der Waals surface area contributed by atoms with Gasteiger partial charge >= 0.3 is 0 Å². The van der Waals surface area contributed by atoms with E-state index in [0.29, 0.717) is 5.75 Å². The molecule has 0 amide bonds. The van der Waals surface area contributed by atoms with E-state index < -0.39 is 0 Å². The monoisotopic (exact) mass is 294 g/mol. The SMILES string of the molecule is Cc1cc(-c2ccccc2Br)nc(CS)n1. The van der Waals surface area contributed by atoms with Gasteiger partial charge in [-0.1, -0.05) is 34.1 Å². The number of rotatable bonds is 2. The molecule has 0 atom stereocenters. The van der Waals surface area contributed by atoms with Crippen LogP contribution in [-0.4, -0.2) is 9.97 Å². The van der Waals surface area contributed by atoms with Crippen LogP contribution in [0.4, 0.5) is 0 Å². The van der Waals surface area contributed by atoms with Gasteiger partial charge in [-0.25, -0.2) is 9.97 Å². The normalized spacial score (nSPS) is 10.4. The summed E-state index contributed by atoms with van der Waals surface area (Å²) in [6.45, 7) is 1.97. The average Bonchev–Trinajstić information content (AvgIpc) is 2.28. The van der Waals surface area contributed by atoms with Gasteiger partial charge in [0.05, 0.1) is 11.4 Å². The van der Waals surface area contributed by atoms with Gasteiger partial charge in [-0.2, -0.15) is 12.6 Å². The van der Waals surface area contributed by atoms with Crippen LogP contribution in [-0.2, 0) is 5.75 Å². The number of hydrogen-bond donors (Lipinski definition) is 1. The lowest BCUT2D eigenvalue weighted by Crippen LogP contribution is -1.96. The maximum atomic E-state index is 4.47. The second kappa shape index (κ2) is 4.97. The lowest BCUT2D eigenvalue weighted by Gasteiger charge is -2.06. The third kappa shape index (κ3) is 2.44. The third-order valence-electron chi connectivity index (χ3n) is 2.19. The highest BCUT2D eigenvalue weighted by molar-refractivity contribution is 9.10. The Morgan fingerprint density at radius 2 is 2.00 bits per heavy atom. The molecule has 0 saturated carbocycles. The molecule has 2 nitrogen and oxygen atoms in total. The van der Waals surface area contributed by atoms with Crippen molar-refractivity contribution in [2.24, 2.45) is 0 Å². The summed E-state index contributed by atoms with van der Waals surface area (Å²) in [7, 11) is 0. The third-order valence-corrected chi connectivity index (χ3v) is 3.17. The van der Waals surface area contributed by atoms with Crippen LogP contribution in [0.3, 0.4) is 0 Å². The lowest BCUT2D eigenvalue weighted by molar-refractivity contribution is 1.00. The van der Waals surface area contributed by atoms with Crippen LogP contribution in [0.1, 0.15) is 11.5 Å². The van der Waals surface area contributed by atoms with Crippen molar-refractivity contribution in [2.45, 2.75) is 12.7 Å². The van der Waals surface area contributed by atoms with E-state index in [9.17, 15) is 0 Å². The van der Waals surface area contributed by atoms with Gasteiger partial charge in [0.1, 0.15) is 5.82 Å². The number of halogens is 1. The molecule has 16 heavy (non-hydrogen) atoms. The van der Waals surface area contributed by atoms with E-state index in [1.165, 1.54) is 0 Å². The quantitative estimate of drug-likeness (QED) is 0.856. The molecule has 0 aliphatic carbocycles. The summed E-state index contributed by atoms with van der Waals surface area (Å²) >= 11 is 7.73. The summed E-state index contributed by atoms with van der Waals surface area (Å²) in [5, 5.41) is 0. The summed E-state index contributed by atoms with van der Waals surface area (Å²) in [5.74, 6) is 1.31. The van der Waals surface area contributed by atoms with E-state index >= 15 is 0 Å². The highest BCUT2D eigenvalue weighted by Crippen LogP contribution is 2.26. The molecular weight excluding hydrogens is 284 g/mol. The summed E-state index contributed by atoms with van der Waals surface area (Å²) in [6.07, 6.45) is 0. The Hall–Kier alpha value is -0.870. The average molecular weight is 295 g/mol. The minimum Gasteiger partial charge on any atom is -0.237 e. The van der Waals surface area contributed by atoms with Crippen molar-refractivity contribution in [3.05, 3.63) is 46.3 Å². The van der Waals surface area contributed by atoms with Crippen LogP contribution in [0, 0.1) is 6.92 Å². The van der Waals surface area contributed by atoms with Crippen molar-refractivity contribution >= 4 is 28.6 Å². The van der Waals surface area contributed by atoms with Crippen molar-refractivity contribution in [3.63, 3.8) is 0 Å². The van der Waals surface area contributed by atoms with Crippen LogP contribution < -0.4 is 0 Å². The van der Waals surface area contributed by atoms with Crippen molar-refractivity contribution in [1.82, 2.24) is 9.97 Å². The minimum absolute atomic E-state index is 0.555. The van der Waals surface area contributed by atoms with Gasteiger partial charge in [-0.15, -0.1) is 0 Å². The maximum absolute atomic E-state index is 4.47. The summed E-state index contributed by atoms with van der Waals surface area (Å²) < 4.78 is 1.04. The Bertz CT molecular complexity index is 514. The number of thiol groups is 1.